The molecule has 0 rings (SSSR count). The van der Waals surface area contributed by atoms with E-state index in [2.05, 4.69) is 55.4 Å². The Labute approximate surface area is 511 Å². The Bertz CT molecular complexity index is 1680. The number of esters is 4. The van der Waals surface area contributed by atoms with Crippen LogP contribution in [0.1, 0.15) is 312 Å². The summed E-state index contributed by atoms with van der Waals surface area (Å²) < 4.78 is 68.0. The van der Waals surface area contributed by atoms with Crippen LogP contribution >= 0.6 is 15.6 Å². The molecule has 5 unspecified atom stereocenters. The molecular weight excluding hydrogens is 1110 g/mol. The van der Waals surface area contributed by atoms with Gasteiger partial charge < -0.3 is 33.8 Å². The summed E-state index contributed by atoms with van der Waals surface area (Å²) in [5, 5.41) is 10.5. The maximum Gasteiger partial charge on any atom is 0.472 e. The van der Waals surface area contributed by atoms with Gasteiger partial charge in [-0.2, -0.15) is 0 Å². The normalized spacial score (nSPS) is 15.1. The van der Waals surface area contributed by atoms with E-state index in [0.29, 0.717) is 31.6 Å². The van der Waals surface area contributed by atoms with Gasteiger partial charge in [0.05, 0.1) is 26.4 Å². The van der Waals surface area contributed by atoms with Crippen molar-refractivity contribution in [2.75, 3.05) is 39.6 Å². The van der Waals surface area contributed by atoms with Crippen molar-refractivity contribution in [3.8, 4) is 0 Å². The number of phosphoric acid groups is 2. The molecule has 0 radical (unpaired) electrons. The maximum absolute atomic E-state index is 13.0. The zero-order chi connectivity index (χ0) is 62.5. The van der Waals surface area contributed by atoms with Gasteiger partial charge in [0.1, 0.15) is 19.3 Å². The van der Waals surface area contributed by atoms with Crippen LogP contribution in [0.25, 0.3) is 0 Å². The molecule has 0 amide bonds. The highest BCUT2D eigenvalue weighted by molar-refractivity contribution is 7.47. The van der Waals surface area contributed by atoms with Crippen LogP contribution in [0.3, 0.4) is 0 Å². The highest BCUT2D eigenvalue weighted by atomic mass is 31.2. The Morgan fingerprint density at radius 3 is 0.845 bits per heavy atom. The Morgan fingerprint density at radius 1 is 0.333 bits per heavy atom. The Kier molecular flexibility index (Phi) is 53.9. The first-order chi connectivity index (χ1) is 40.2. The van der Waals surface area contributed by atoms with Gasteiger partial charge in [0.2, 0.25) is 0 Å². The van der Waals surface area contributed by atoms with E-state index in [0.717, 1.165) is 114 Å². The summed E-state index contributed by atoms with van der Waals surface area (Å²) in [6, 6.07) is 0. The molecule has 0 aliphatic rings. The number of rotatable bonds is 62. The highest BCUT2D eigenvalue weighted by Gasteiger charge is 2.30. The lowest BCUT2D eigenvalue weighted by Gasteiger charge is -2.21. The SMILES string of the molecule is CCC(C)CCCCCCCCCCCCC(=O)O[C@H](COC(=O)CCCCCCCCC(C)CC)COP(=O)(O)OCC(O)COP(=O)(O)OC[C@@H](COC(=O)CCCCCCCCCCC(C)C)OC(=O)CCCCCCCCC(C)C. The number of carbonyl (C=O) groups is 4. The minimum Gasteiger partial charge on any atom is -0.462 e. The van der Waals surface area contributed by atoms with Crippen LogP contribution < -0.4 is 0 Å². The minimum absolute atomic E-state index is 0.101. The first-order valence-corrected chi connectivity index (χ1v) is 36.8. The molecule has 0 bridgehead atoms. The predicted octanol–water partition coefficient (Wildman–Crippen LogP) is 17.8. The number of aliphatic hydroxyl groups is 1. The van der Waals surface area contributed by atoms with Crippen LogP contribution in [-0.4, -0.2) is 96.7 Å². The van der Waals surface area contributed by atoms with Crippen molar-refractivity contribution in [3.05, 3.63) is 0 Å². The van der Waals surface area contributed by atoms with Crippen LogP contribution in [-0.2, 0) is 65.4 Å². The van der Waals surface area contributed by atoms with Gasteiger partial charge in [0.15, 0.2) is 12.2 Å². The summed E-state index contributed by atoms with van der Waals surface area (Å²) in [6.07, 6.45) is 35.0. The molecule has 0 saturated heterocycles. The van der Waals surface area contributed by atoms with Crippen molar-refractivity contribution in [1.82, 2.24) is 0 Å². The van der Waals surface area contributed by atoms with E-state index < -0.39 is 97.5 Å². The zero-order valence-corrected chi connectivity index (χ0v) is 56.3. The minimum atomic E-state index is -4.95. The number of unbranched alkanes of at least 4 members (excludes halogenated alkanes) is 26. The average molecular weight is 1240 g/mol. The third kappa shape index (κ3) is 56.6. The first-order valence-electron chi connectivity index (χ1n) is 33.8. The lowest BCUT2D eigenvalue weighted by molar-refractivity contribution is -0.161. The number of aliphatic hydroxyl groups excluding tert-OH is 1. The topological polar surface area (TPSA) is 237 Å². The quantitative estimate of drug-likeness (QED) is 0.0222. The van der Waals surface area contributed by atoms with E-state index in [-0.39, 0.29) is 25.7 Å². The summed E-state index contributed by atoms with van der Waals surface area (Å²) in [5.41, 5.74) is 0. The maximum atomic E-state index is 13.0. The zero-order valence-electron chi connectivity index (χ0n) is 54.5. The van der Waals surface area contributed by atoms with Crippen LogP contribution in [0.2, 0.25) is 0 Å². The molecule has 17 nitrogen and oxygen atoms in total. The molecule has 3 N–H and O–H groups in total. The van der Waals surface area contributed by atoms with Crippen molar-refractivity contribution in [1.29, 1.82) is 0 Å². The number of carbonyl (C=O) groups excluding carboxylic acids is 4. The van der Waals surface area contributed by atoms with Gasteiger partial charge in [0, 0.05) is 25.7 Å². The molecule has 0 heterocycles. The molecule has 19 heteroatoms. The first kappa shape index (κ1) is 82.1. The van der Waals surface area contributed by atoms with Crippen molar-refractivity contribution in [2.24, 2.45) is 23.7 Å². The standard InChI is InChI=1S/C65H126O17P2/c1-9-57(7)43-35-27-18-13-11-12-14-20-31-39-47-64(69)81-60(52-76-63(68)46-38-30-24-22-28-36-44-58(8)10-2)53-79-83(71,72)77-49-59(66)50-78-84(73,74)80-54-61(82-65(70)48-40-32-23-21-26-34-42-56(5)6)51-75-62(67)45-37-29-19-16-15-17-25-33-41-55(3)4/h55-61,66H,9-54H2,1-8H3,(H,71,72)(H,73,74)/t57?,58?,59?,60-,61-/m1/s1. The summed E-state index contributed by atoms with van der Waals surface area (Å²) >= 11 is 0. The van der Waals surface area contributed by atoms with E-state index in [4.69, 9.17) is 37.0 Å². The Hall–Kier alpha value is -1.94. The molecule has 0 aromatic carbocycles. The number of hydrogen-bond donors (Lipinski definition) is 3. The molecule has 0 fully saturated rings. The summed E-state index contributed by atoms with van der Waals surface area (Å²) in [7, 11) is -9.89. The van der Waals surface area contributed by atoms with Crippen LogP contribution in [0.4, 0.5) is 0 Å². The van der Waals surface area contributed by atoms with E-state index in [1.165, 1.54) is 109 Å². The lowest BCUT2D eigenvalue weighted by atomic mass is 9.99. The molecule has 0 aromatic heterocycles. The molecule has 7 atom stereocenters. The van der Waals surface area contributed by atoms with E-state index in [1.54, 1.807) is 0 Å². The van der Waals surface area contributed by atoms with Crippen LogP contribution in [0.15, 0.2) is 0 Å². The summed E-state index contributed by atoms with van der Waals surface area (Å²) in [6.45, 7) is 14.0. The second kappa shape index (κ2) is 55.2. The number of phosphoric ester groups is 2. The molecule has 0 aromatic rings. The van der Waals surface area contributed by atoms with Gasteiger partial charge in [-0.1, -0.05) is 261 Å². The summed E-state index contributed by atoms with van der Waals surface area (Å²) in [4.78, 5) is 72.2. The van der Waals surface area contributed by atoms with Gasteiger partial charge >= 0.3 is 39.5 Å². The van der Waals surface area contributed by atoms with Crippen LogP contribution in [0, 0.1) is 23.7 Å². The molecular formula is C65H126O17P2. The fraction of sp³-hybridized carbons (Fsp3) is 0.938. The van der Waals surface area contributed by atoms with E-state index >= 15 is 0 Å². The van der Waals surface area contributed by atoms with Crippen molar-refractivity contribution < 1.29 is 80.2 Å². The van der Waals surface area contributed by atoms with E-state index in [9.17, 15) is 43.2 Å². The highest BCUT2D eigenvalue weighted by Crippen LogP contribution is 2.45. The largest absolute Gasteiger partial charge is 0.472 e. The van der Waals surface area contributed by atoms with Gasteiger partial charge in [-0.3, -0.25) is 37.3 Å². The van der Waals surface area contributed by atoms with Crippen molar-refractivity contribution in [2.45, 2.75) is 331 Å². The third-order valence-corrected chi connectivity index (χ3v) is 17.4. The van der Waals surface area contributed by atoms with Gasteiger partial charge in [0.25, 0.3) is 0 Å². The molecule has 0 aliphatic carbocycles. The van der Waals surface area contributed by atoms with Gasteiger partial charge in [-0.15, -0.1) is 0 Å². The smallest absolute Gasteiger partial charge is 0.462 e. The molecule has 0 aliphatic heterocycles. The molecule has 498 valence electrons. The van der Waals surface area contributed by atoms with Crippen molar-refractivity contribution in [3.63, 3.8) is 0 Å². The number of hydrogen-bond acceptors (Lipinski definition) is 15. The van der Waals surface area contributed by atoms with Crippen molar-refractivity contribution >= 4 is 39.5 Å². The van der Waals surface area contributed by atoms with E-state index in [1.807, 2.05) is 0 Å². The monoisotopic (exact) mass is 1240 g/mol. The molecule has 0 saturated carbocycles. The van der Waals surface area contributed by atoms with Gasteiger partial charge in [-0.25, -0.2) is 9.13 Å². The number of ether oxygens (including phenoxy) is 4. The fourth-order valence-electron chi connectivity index (χ4n) is 9.54. The third-order valence-electron chi connectivity index (χ3n) is 15.5. The Balaban J connectivity index is 5.25. The predicted molar refractivity (Wildman–Crippen MR) is 335 cm³/mol. The van der Waals surface area contributed by atoms with Crippen LogP contribution in [0.5, 0.6) is 0 Å². The lowest BCUT2D eigenvalue weighted by Crippen LogP contribution is -2.30. The average Bonchev–Trinajstić information content (AvgIpc) is 3.50. The molecule has 0 spiro atoms. The Morgan fingerprint density at radius 2 is 0.571 bits per heavy atom. The fourth-order valence-corrected chi connectivity index (χ4v) is 11.1. The summed E-state index contributed by atoms with van der Waals surface area (Å²) in [5.74, 6) is 0.788. The second-order valence-electron chi connectivity index (χ2n) is 24.9. The second-order valence-corrected chi connectivity index (χ2v) is 27.8. The molecule has 84 heavy (non-hydrogen) atoms. The van der Waals surface area contributed by atoms with Gasteiger partial charge in [-0.05, 0) is 49.4 Å².